The maximum absolute atomic E-state index is 11.7. The molecule has 2 unspecified atom stereocenters. The van der Waals surface area contributed by atoms with Crippen molar-refractivity contribution in [1.82, 2.24) is 4.90 Å². The minimum absolute atomic E-state index is 0.192. The summed E-state index contributed by atoms with van der Waals surface area (Å²) in [6, 6.07) is 0. The number of ether oxygens (including phenoxy) is 1. The normalized spacial score (nSPS) is 33.9. The fourth-order valence-electron chi connectivity index (χ4n) is 2.37. The second kappa shape index (κ2) is 3.11. The zero-order valence-electron chi connectivity index (χ0n) is 9.75. The molecule has 0 aromatic carbocycles. The third-order valence-electron chi connectivity index (χ3n) is 3.36. The standard InChI is InChI=1S/C11H20N2O2/c1-10(2,3)15-9(14)13-5-8-4-11(8,6-12)7-13/h8H,4-7,12H2,1-3H3. The number of fused-ring (bicyclic) bond motifs is 1. The van der Waals surface area contributed by atoms with E-state index in [1.165, 1.54) is 6.42 Å². The average molecular weight is 212 g/mol. The van der Waals surface area contributed by atoms with Crippen LogP contribution in [0.15, 0.2) is 0 Å². The van der Waals surface area contributed by atoms with Gasteiger partial charge in [0.15, 0.2) is 0 Å². The highest BCUT2D eigenvalue weighted by atomic mass is 16.6. The van der Waals surface area contributed by atoms with Gasteiger partial charge >= 0.3 is 6.09 Å². The Labute approximate surface area is 90.8 Å². The fourth-order valence-corrected chi connectivity index (χ4v) is 2.37. The zero-order chi connectivity index (χ0) is 11.3. The van der Waals surface area contributed by atoms with E-state index in [4.69, 9.17) is 10.5 Å². The van der Waals surface area contributed by atoms with E-state index in [0.29, 0.717) is 12.5 Å². The first-order valence-electron chi connectivity index (χ1n) is 5.54. The second-order valence-corrected chi connectivity index (χ2v) is 5.83. The van der Waals surface area contributed by atoms with E-state index in [1.54, 1.807) is 4.90 Å². The minimum atomic E-state index is -0.403. The lowest BCUT2D eigenvalue weighted by Crippen LogP contribution is -2.38. The monoisotopic (exact) mass is 212 g/mol. The first-order valence-corrected chi connectivity index (χ1v) is 5.54. The molecule has 1 aliphatic carbocycles. The maximum Gasteiger partial charge on any atom is 0.410 e. The number of amides is 1. The lowest BCUT2D eigenvalue weighted by molar-refractivity contribution is 0.0263. The van der Waals surface area contributed by atoms with Crippen LogP contribution in [0, 0.1) is 11.3 Å². The Morgan fingerprint density at radius 1 is 1.60 bits per heavy atom. The van der Waals surface area contributed by atoms with Crippen LogP contribution < -0.4 is 5.73 Å². The van der Waals surface area contributed by atoms with Crippen LogP contribution in [0.4, 0.5) is 4.79 Å². The number of piperidine rings is 1. The van der Waals surface area contributed by atoms with Crippen molar-refractivity contribution in [2.24, 2.45) is 17.1 Å². The molecule has 2 atom stereocenters. The summed E-state index contributed by atoms with van der Waals surface area (Å²) in [5.74, 6) is 0.620. The average Bonchev–Trinajstić information content (AvgIpc) is 2.66. The zero-order valence-corrected chi connectivity index (χ0v) is 9.75. The topological polar surface area (TPSA) is 55.6 Å². The summed E-state index contributed by atoms with van der Waals surface area (Å²) < 4.78 is 5.33. The van der Waals surface area contributed by atoms with E-state index in [1.807, 2.05) is 20.8 Å². The third kappa shape index (κ3) is 1.95. The van der Waals surface area contributed by atoms with Crippen LogP contribution in [0.1, 0.15) is 27.2 Å². The van der Waals surface area contributed by atoms with Crippen LogP contribution in [-0.4, -0.2) is 36.2 Å². The molecule has 4 heteroatoms. The van der Waals surface area contributed by atoms with Crippen molar-refractivity contribution in [1.29, 1.82) is 0 Å². The molecule has 0 aromatic heterocycles. The van der Waals surface area contributed by atoms with Crippen molar-refractivity contribution in [2.45, 2.75) is 32.8 Å². The van der Waals surface area contributed by atoms with Crippen molar-refractivity contribution in [2.75, 3.05) is 19.6 Å². The Morgan fingerprint density at radius 2 is 2.27 bits per heavy atom. The summed E-state index contributed by atoms with van der Waals surface area (Å²) in [5, 5.41) is 0. The number of hydrogen-bond acceptors (Lipinski definition) is 3. The van der Waals surface area contributed by atoms with Crippen LogP contribution in [0.25, 0.3) is 0 Å². The molecule has 0 aromatic rings. The van der Waals surface area contributed by atoms with Crippen molar-refractivity contribution in [3.8, 4) is 0 Å². The summed E-state index contributed by atoms with van der Waals surface area (Å²) in [6.07, 6.45) is 0.991. The Kier molecular flexibility index (Phi) is 2.23. The van der Waals surface area contributed by atoms with Gasteiger partial charge in [0.05, 0.1) is 0 Å². The largest absolute Gasteiger partial charge is 0.444 e. The van der Waals surface area contributed by atoms with Crippen molar-refractivity contribution in [3.63, 3.8) is 0 Å². The maximum atomic E-state index is 11.7. The van der Waals surface area contributed by atoms with Gasteiger partial charge in [-0.15, -0.1) is 0 Å². The predicted octanol–water partition coefficient (Wildman–Crippen LogP) is 1.20. The minimum Gasteiger partial charge on any atom is -0.444 e. The molecule has 1 aliphatic heterocycles. The smallest absolute Gasteiger partial charge is 0.410 e. The summed E-state index contributed by atoms with van der Waals surface area (Å²) in [4.78, 5) is 13.5. The summed E-state index contributed by atoms with van der Waals surface area (Å²) in [5.41, 5.74) is 5.55. The van der Waals surface area contributed by atoms with Gasteiger partial charge < -0.3 is 15.4 Å². The summed E-state index contributed by atoms with van der Waals surface area (Å²) >= 11 is 0. The molecule has 0 spiro atoms. The van der Waals surface area contributed by atoms with Crippen LogP contribution >= 0.6 is 0 Å². The molecule has 15 heavy (non-hydrogen) atoms. The summed E-state index contributed by atoms with van der Waals surface area (Å²) in [7, 11) is 0. The van der Waals surface area contributed by atoms with Gasteiger partial charge in [-0.05, 0) is 39.7 Å². The van der Waals surface area contributed by atoms with E-state index in [9.17, 15) is 4.79 Å². The van der Waals surface area contributed by atoms with E-state index in [0.717, 1.165) is 13.1 Å². The molecular weight excluding hydrogens is 192 g/mol. The molecule has 2 rings (SSSR count). The molecule has 2 fully saturated rings. The Hall–Kier alpha value is -0.770. The first-order chi connectivity index (χ1) is 6.86. The highest BCUT2D eigenvalue weighted by molar-refractivity contribution is 5.69. The quantitative estimate of drug-likeness (QED) is 0.710. The Bertz CT molecular complexity index is 281. The molecule has 1 heterocycles. The van der Waals surface area contributed by atoms with Crippen LogP contribution in [-0.2, 0) is 4.74 Å². The number of rotatable bonds is 1. The van der Waals surface area contributed by atoms with Gasteiger partial charge in [0.2, 0.25) is 0 Å². The molecule has 0 radical (unpaired) electrons. The number of nitrogens with zero attached hydrogens (tertiary/aromatic N) is 1. The van der Waals surface area contributed by atoms with Gasteiger partial charge in [-0.2, -0.15) is 0 Å². The summed E-state index contributed by atoms with van der Waals surface area (Å²) in [6.45, 7) is 7.97. The molecule has 1 saturated heterocycles. The lowest BCUT2D eigenvalue weighted by atomic mass is 10.1. The van der Waals surface area contributed by atoms with Crippen molar-refractivity contribution in [3.05, 3.63) is 0 Å². The third-order valence-corrected chi connectivity index (χ3v) is 3.36. The number of nitrogens with two attached hydrogens (primary N) is 1. The van der Waals surface area contributed by atoms with E-state index >= 15 is 0 Å². The van der Waals surface area contributed by atoms with Crippen molar-refractivity contribution < 1.29 is 9.53 Å². The van der Waals surface area contributed by atoms with Gasteiger partial charge in [-0.3, -0.25) is 0 Å². The molecule has 86 valence electrons. The SMILES string of the molecule is CC(C)(C)OC(=O)N1CC2CC2(CN)C1. The number of carbonyl (C=O) groups is 1. The van der Waals surface area contributed by atoms with Gasteiger partial charge in [0, 0.05) is 18.5 Å². The Morgan fingerprint density at radius 3 is 2.73 bits per heavy atom. The van der Waals surface area contributed by atoms with Crippen LogP contribution in [0.2, 0.25) is 0 Å². The van der Waals surface area contributed by atoms with Gasteiger partial charge in [0.1, 0.15) is 5.60 Å². The predicted molar refractivity (Wildman–Crippen MR) is 57.4 cm³/mol. The molecule has 1 amide bonds. The van der Waals surface area contributed by atoms with Crippen molar-refractivity contribution >= 4 is 6.09 Å². The highest BCUT2D eigenvalue weighted by Crippen LogP contribution is 2.56. The molecule has 2 aliphatic rings. The van der Waals surface area contributed by atoms with Gasteiger partial charge in [-0.25, -0.2) is 4.79 Å². The molecule has 2 N–H and O–H groups in total. The Balaban J connectivity index is 1.90. The van der Waals surface area contributed by atoms with Gasteiger partial charge in [0.25, 0.3) is 0 Å². The number of likely N-dealkylation sites (tertiary alicyclic amines) is 1. The molecule has 1 saturated carbocycles. The van der Waals surface area contributed by atoms with Gasteiger partial charge in [-0.1, -0.05) is 0 Å². The molecule has 4 nitrogen and oxygen atoms in total. The number of carbonyl (C=O) groups excluding carboxylic acids is 1. The van der Waals surface area contributed by atoms with Crippen LogP contribution in [0.5, 0.6) is 0 Å². The van der Waals surface area contributed by atoms with Crippen LogP contribution in [0.3, 0.4) is 0 Å². The van der Waals surface area contributed by atoms with E-state index in [-0.39, 0.29) is 11.5 Å². The fraction of sp³-hybridized carbons (Fsp3) is 0.909. The molecular formula is C11H20N2O2. The highest BCUT2D eigenvalue weighted by Gasteiger charge is 2.60. The molecule has 0 bridgehead atoms. The first kappa shape index (κ1) is 10.7. The van der Waals surface area contributed by atoms with E-state index < -0.39 is 5.60 Å². The van der Waals surface area contributed by atoms with E-state index in [2.05, 4.69) is 0 Å². The second-order valence-electron chi connectivity index (χ2n) is 5.83. The number of hydrogen-bond donors (Lipinski definition) is 1. The lowest BCUT2D eigenvalue weighted by Gasteiger charge is -2.26.